The van der Waals surface area contributed by atoms with Crippen LogP contribution in [0.3, 0.4) is 0 Å². The molecule has 49 heavy (non-hydrogen) atoms. The summed E-state index contributed by atoms with van der Waals surface area (Å²) in [6.07, 6.45) is 3.48. The van der Waals surface area contributed by atoms with Gasteiger partial charge in [0.15, 0.2) is 0 Å². The van der Waals surface area contributed by atoms with E-state index < -0.39 is 11.6 Å². The van der Waals surface area contributed by atoms with Gasteiger partial charge in [-0.25, -0.2) is 18.7 Å². The van der Waals surface area contributed by atoms with Crippen LogP contribution in [0.25, 0.3) is 44.8 Å². The number of aromatic nitrogens is 5. The number of rotatable bonds is 9. The molecule has 2 atom stereocenters. The van der Waals surface area contributed by atoms with Crippen LogP contribution in [0.15, 0.2) is 49.1 Å². The molecule has 10 nitrogen and oxygen atoms in total. The Bertz CT molecular complexity index is 2120. The molecule has 1 aliphatic carbocycles. The monoisotopic (exact) mass is 668 g/mol. The van der Waals surface area contributed by atoms with E-state index in [1.165, 1.54) is 19.3 Å². The van der Waals surface area contributed by atoms with Crippen molar-refractivity contribution in [2.75, 3.05) is 26.9 Å². The number of carbonyl (C=O) groups excluding carboxylic acids is 1. The molecule has 0 saturated carbocycles. The highest BCUT2D eigenvalue weighted by Crippen LogP contribution is 2.47. The molecule has 0 bridgehead atoms. The SMILES string of the molecule is C=CC(=O)N1C[C@H](C)n2nc(-c3nc(-c4ccc5c(c4)nc(CO)n5C)c4c(c3-c3c(F)cc(F)cc3OCCOC)CCC4)cc2[C@H]1C. The summed E-state index contributed by atoms with van der Waals surface area (Å²) in [4.78, 5) is 24.4. The second-order valence-corrected chi connectivity index (χ2v) is 12.7. The van der Waals surface area contributed by atoms with Gasteiger partial charge in [0.2, 0.25) is 5.91 Å². The lowest BCUT2D eigenvalue weighted by Crippen LogP contribution is -2.42. The third kappa shape index (κ3) is 5.48. The third-order valence-electron chi connectivity index (χ3n) is 9.71. The predicted molar refractivity (Wildman–Crippen MR) is 181 cm³/mol. The number of ether oxygens (including phenoxy) is 2. The van der Waals surface area contributed by atoms with Gasteiger partial charge in [0.1, 0.15) is 42.1 Å². The lowest BCUT2D eigenvalue weighted by molar-refractivity contribution is -0.129. The molecule has 0 fully saturated rings. The van der Waals surface area contributed by atoms with E-state index in [-0.39, 0.29) is 49.1 Å². The van der Waals surface area contributed by atoms with Crippen molar-refractivity contribution in [3.63, 3.8) is 0 Å². The number of amides is 1. The Labute approximate surface area is 282 Å². The molecule has 2 aromatic carbocycles. The number of halogens is 2. The lowest BCUT2D eigenvalue weighted by Gasteiger charge is -2.36. The van der Waals surface area contributed by atoms with Gasteiger partial charge in [0.25, 0.3) is 0 Å². The van der Waals surface area contributed by atoms with Crippen LogP contribution in [0.4, 0.5) is 8.78 Å². The second-order valence-electron chi connectivity index (χ2n) is 12.7. The predicted octanol–water partition coefficient (Wildman–Crippen LogP) is 6.10. The number of fused-ring (bicyclic) bond motifs is 3. The number of methoxy groups -OCH3 is 1. The van der Waals surface area contributed by atoms with Crippen molar-refractivity contribution in [1.82, 2.24) is 29.2 Å². The molecule has 7 rings (SSSR count). The first-order chi connectivity index (χ1) is 23.6. The molecule has 1 N–H and O–H groups in total. The van der Waals surface area contributed by atoms with Crippen LogP contribution in [0, 0.1) is 11.6 Å². The minimum Gasteiger partial charge on any atom is -0.490 e. The highest BCUT2D eigenvalue weighted by Gasteiger charge is 2.35. The van der Waals surface area contributed by atoms with Gasteiger partial charge in [0, 0.05) is 44.0 Å². The largest absolute Gasteiger partial charge is 0.490 e. The zero-order chi connectivity index (χ0) is 34.6. The summed E-state index contributed by atoms with van der Waals surface area (Å²) >= 11 is 0. The van der Waals surface area contributed by atoms with E-state index in [0.29, 0.717) is 47.7 Å². The number of nitrogens with zero attached hydrogens (tertiary/aromatic N) is 6. The van der Waals surface area contributed by atoms with Crippen molar-refractivity contribution >= 4 is 16.9 Å². The molecule has 4 heterocycles. The fraction of sp³-hybridized carbons (Fsp3) is 0.351. The van der Waals surface area contributed by atoms with Gasteiger partial charge in [0.05, 0.1) is 52.4 Å². The average Bonchev–Trinajstić information content (AvgIpc) is 3.83. The maximum Gasteiger partial charge on any atom is 0.246 e. The summed E-state index contributed by atoms with van der Waals surface area (Å²) in [5.41, 5.74) is 7.37. The molecular weight excluding hydrogens is 630 g/mol. The minimum absolute atomic E-state index is 0.0550. The second kappa shape index (κ2) is 12.8. The van der Waals surface area contributed by atoms with Gasteiger partial charge in [-0.3, -0.25) is 9.48 Å². The number of benzene rings is 2. The number of imidazole rings is 1. The third-order valence-corrected chi connectivity index (χ3v) is 9.71. The zero-order valence-electron chi connectivity index (χ0n) is 28.0. The topological polar surface area (TPSA) is 108 Å². The lowest BCUT2D eigenvalue weighted by atomic mass is 9.90. The fourth-order valence-electron chi connectivity index (χ4n) is 7.30. The Morgan fingerprint density at radius 2 is 1.86 bits per heavy atom. The van der Waals surface area contributed by atoms with Crippen LogP contribution in [0.2, 0.25) is 0 Å². The Kier molecular flexibility index (Phi) is 8.53. The van der Waals surface area contributed by atoms with Crippen molar-refractivity contribution in [1.29, 1.82) is 0 Å². The first kappa shape index (κ1) is 32.6. The van der Waals surface area contributed by atoms with E-state index in [0.717, 1.165) is 46.1 Å². The summed E-state index contributed by atoms with van der Waals surface area (Å²) in [6, 6.07) is 9.41. The van der Waals surface area contributed by atoms with Crippen molar-refractivity contribution < 1.29 is 28.2 Å². The normalized spacial score (nSPS) is 17.0. The van der Waals surface area contributed by atoms with Crippen molar-refractivity contribution in [2.45, 2.75) is 51.8 Å². The molecule has 254 valence electrons. The molecular formula is C37H38F2N6O4. The van der Waals surface area contributed by atoms with E-state index in [2.05, 4.69) is 11.6 Å². The van der Waals surface area contributed by atoms with E-state index in [1.54, 1.807) is 4.90 Å². The van der Waals surface area contributed by atoms with E-state index in [4.69, 9.17) is 19.6 Å². The Morgan fingerprint density at radius 3 is 2.61 bits per heavy atom. The summed E-state index contributed by atoms with van der Waals surface area (Å²) < 4.78 is 45.8. The highest BCUT2D eigenvalue weighted by atomic mass is 19.1. The number of carbonyl (C=O) groups is 1. The van der Waals surface area contributed by atoms with Gasteiger partial charge in [-0.05, 0) is 68.5 Å². The molecule has 1 amide bonds. The Hall–Kier alpha value is -4.94. The molecule has 0 saturated heterocycles. The standard InChI is InChI=1S/C37H38F2N6O4/c1-6-33(47)44-18-20(2)45-30(21(44)3)17-28(42-45)37-34(35-26(39)15-23(38)16-31(35)49-13-12-48-5)24-8-7-9-25(24)36(41-37)22-10-11-29-27(14-22)40-32(19-46)43(29)4/h6,10-11,14-17,20-21,46H,1,7-9,12-13,18-19H2,2-5H3/t20-,21+/m0/s1. The Balaban J connectivity index is 1.50. The molecule has 3 aromatic heterocycles. The number of hydrogen-bond acceptors (Lipinski definition) is 7. The number of pyridine rings is 1. The smallest absolute Gasteiger partial charge is 0.246 e. The summed E-state index contributed by atoms with van der Waals surface area (Å²) in [5, 5.41) is 14.9. The molecule has 12 heteroatoms. The van der Waals surface area contributed by atoms with Crippen LogP contribution in [-0.4, -0.2) is 67.1 Å². The number of aliphatic hydroxyl groups is 1. The molecule has 0 radical (unpaired) electrons. The van der Waals surface area contributed by atoms with Crippen molar-refractivity contribution in [2.24, 2.45) is 7.05 Å². The molecule has 1 aliphatic heterocycles. The summed E-state index contributed by atoms with van der Waals surface area (Å²) in [7, 11) is 3.39. The minimum atomic E-state index is -0.766. The molecule has 0 unspecified atom stereocenters. The maximum absolute atomic E-state index is 16.2. The first-order valence-electron chi connectivity index (χ1n) is 16.4. The van der Waals surface area contributed by atoms with Crippen molar-refractivity contribution in [3.05, 3.63) is 83.3 Å². The van der Waals surface area contributed by atoms with E-state index in [1.807, 2.05) is 54.4 Å². The van der Waals surface area contributed by atoms with Gasteiger partial charge in [-0.15, -0.1) is 0 Å². The number of hydrogen-bond donors (Lipinski definition) is 1. The highest BCUT2D eigenvalue weighted by molar-refractivity contribution is 5.91. The molecule has 2 aliphatic rings. The summed E-state index contributed by atoms with van der Waals surface area (Å²) in [5.74, 6) is -1.09. The van der Waals surface area contributed by atoms with Crippen LogP contribution in [0.1, 0.15) is 55.0 Å². The Morgan fingerprint density at radius 1 is 1.06 bits per heavy atom. The quantitative estimate of drug-likeness (QED) is 0.149. The van der Waals surface area contributed by atoms with E-state index in [9.17, 15) is 14.3 Å². The zero-order valence-corrected chi connectivity index (χ0v) is 28.0. The van der Waals surface area contributed by atoms with Gasteiger partial charge < -0.3 is 24.0 Å². The molecule has 5 aromatic rings. The maximum atomic E-state index is 16.2. The van der Waals surface area contributed by atoms with Crippen LogP contribution < -0.4 is 4.74 Å². The van der Waals surface area contributed by atoms with Crippen LogP contribution >= 0.6 is 0 Å². The van der Waals surface area contributed by atoms with Gasteiger partial charge in [-0.2, -0.15) is 5.10 Å². The fourth-order valence-corrected chi connectivity index (χ4v) is 7.30. The first-order valence-corrected chi connectivity index (χ1v) is 16.4. The average molecular weight is 669 g/mol. The number of aliphatic hydroxyl groups excluding tert-OH is 1. The van der Waals surface area contributed by atoms with Gasteiger partial charge >= 0.3 is 0 Å². The van der Waals surface area contributed by atoms with Crippen LogP contribution in [0.5, 0.6) is 5.75 Å². The van der Waals surface area contributed by atoms with Gasteiger partial charge in [-0.1, -0.05) is 12.6 Å². The van der Waals surface area contributed by atoms with E-state index >= 15 is 4.39 Å². The molecule has 0 spiro atoms. The summed E-state index contributed by atoms with van der Waals surface area (Å²) in [6.45, 7) is 8.19. The van der Waals surface area contributed by atoms with Crippen LogP contribution in [-0.2, 0) is 36.0 Å². The number of aryl methyl sites for hydroxylation is 1. The van der Waals surface area contributed by atoms with Crippen molar-refractivity contribution in [3.8, 4) is 39.5 Å².